The van der Waals surface area contributed by atoms with Crippen LogP contribution < -0.4 is 19.5 Å². The fourth-order valence-electron chi connectivity index (χ4n) is 3.95. The Bertz CT molecular complexity index is 923. The molecule has 1 aliphatic rings. The number of rotatable bonds is 4. The molecule has 0 fully saturated rings. The summed E-state index contributed by atoms with van der Waals surface area (Å²) in [6, 6.07) is 12.9. The van der Waals surface area contributed by atoms with E-state index in [2.05, 4.69) is 41.5 Å². The maximum Gasteiger partial charge on any atom is 0.203 e. The van der Waals surface area contributed by atoms with Gasteiger partial charge in [-0.1, -0.05) is 18.2 Å². The molecule has 5 nitrogen and oxygen atoms in total. The zero-order valence-corrected chi connectivity index (χ0v) is 15.6. The normalized spacial score (nSPS) is 19.2. The molecule has 0 amide bonds. The molecule has 26 heavy (non-hydrogen) atoms. The Morgan fingerprint density at radius 1 is 0.962 bits per heavy atom. The number of benzene rings is 2. The summed E-state index contributed by atoms with van der Waals surface area (Å²) in [6.07, 6.45) is 1.00. The fraction of sp³-hybridized carbons (Fsp3) is 0.333. The lowest BCUT2D eigenvalue weighted by atomic mass is 9.90. The van der Waals surface area contributed by atoms with Gasteiger partial charge in [-0.25, -0.2) is 0 Å². The van der Waals surface area contributed by atoms with Crippen LogP contribution in [0.2, 0.25) is 0 Å². The largest absolute Gasteiger partial charge is 0.493 e. The van der Waals surface area contributed by atoms with Gasteiger partial charge in [0.15, 0.2) is 11.5 Å². The van der Waals surface area contributed by atoms with Crippen LogP contribution >= 0.6 is 0 Å². The number of methoxy groups -OCH3 is 3. The van der Waals surface area contributed by atoms with Crippen molar-refractivity contribution in [2.45, 2.75) is 25.4 Å². The zero-order valence-electron chi connectivity index (χ0n) is 15.6. The molecule has 5 heteroatoms. The van der Waals surface area contributed by atoms with Crippen LogP contribution in [0.4, 0.5) is 0 Å². The van der Waals surface area contributed by atoms with Gasteiger partial charge in [-0.15, -0.1) is 0 Å². The molecule has 0 radical (unpaired) electrons. The molecule has 2 atom stereocenters. The highest BCUT2D eigenvalue weighted by molar-refractivity contribution is 5.85. The summed E-state index contributed by atoms with van der Waals surface area (Å²) in [5, 5.41) is 5.01. The van der Waals surface area contributed by atoms with Crippen LogP contribution in [-0.2, 0) is 6.42 Å². The third kappa shape index (κ3) is 2.59. The van der Waals surface area contributed by atoms with E-state index in [9.17, 15) is 0 Å². The quantitative estimate of drug-likeness (QED) is 0.750. The molecule has 0 saturated heterocycles. The molecular weight excluding hydrogens is 328 g/mol. The van der Waals surface area contributed by atoms with Crippen LogP contribution in [0, 0.1) is 0 Å². The molecule has 2 unspecified atom stereocenters. The Labute approximate surface area is 153 Å². The van der Waals surface area contributed by atoms with E-state index in [1.54, 1.807) is 21.3 Å². The summed E-state index contributed by atoms with van der Waals surface area (Å²) >= 11 is 0. The van der Waals surface area contributed by atoms with E-state index >= 15 is 0 Å². The van der Waals surface area contributed by atoms with E-state index in [1.165, 1.54) is 22.2 Å². The second-order valence-corrected chi connectivity index (χ2v) is 6.73. The van der Waals surface area contributed by atoms with Gasteiger partial charge in [-0.3, -0.25) is 0 Å². The number of hydrogen-bond acceptors (Lipinski definition) is 4. The van der Waals surface area contributed by atoms with E-state index in [0.717, 1.165) is 12.0 Å². The van der Waals surface area contributed by atoms with Gasteiger partial charge in [0.1, 0.15) is 0 Å². The van der Waals surface area contributed by atoms with Crippen molar-refractivity contribution in [3.63, 3.8) is 0 Å². The minimum atomic E-state index is 0.0369. The van der Waals surface area contributed by atoms with Gasteiger partial charge in [-0.2, -0.15) is 0 Å². The van der Waals surface area contributed by atoms with Crippen LogP contribution in [0.25, 0.3) is 10.9 Å². The van der Waals surface area contributed by atoms with E-state index in [0.29, 0.717) is 23.3 Å². The monoisotopic (exact) mass is 352 g/mol. The molecule has 1 aromatic heterocycles. The molecule has 1 aliphatic heterocycles. The highest BCUT2D eigenvalue weighted by Gasteiger charge is 2.30. The first-order valence-electron chi connectivity index (χ1n) is 8.81. The number of para-hydroxylation sites is 1. The van der Waals surface area contributed by atoms with Crippen molar-refractivity contribution in [2.75, 3.05) is 21.3 Å². The molecular formula is C21H24N2O3. The molecule has 136 valence electrons. The van der Waals surface area contributed by atoms with Gasteiger partial charge < -0.3 is 24.5 Å². The summed E-state index contributed by atoms with van der Waals surface area (Å²) < 4.78 is 16.5. The number of hydrogen-bond donors (Lipinski definition) is 2. The van der Waals surface area contributed by atoms with Gasteiger partial charge in [0, 0.05) is 22.6 Å². The molecule has 2 N–H and O–H groups in total. The summed E-state index contributed by atoms with van der Waals surface area (Å²) in [7, 11) is 4.91. The lowest BCUT2D eigenvalue weighted by Gasteiger charge is -2.30. The summed E-state index contributed by atoms with van der Waals surface area (Å²) in [6.45, 7) is 2.22. The number of fused-ring (bicyclic) bond motifs is 3. The zero-order chi connectivity index (χ0) is 18.3. The van der Waals surface area contributed by atoms with Crippen molar-refractivity contribution >= 4 is 10.9 Å². The van der Waals surface area contributed by atoms with Crippen molar-refractivity contribution in [1.82, 2.24) is 10.3 Å². The van der Waals surface area contributed by atoms with Gasteiger partial charge in [0.05, 0.1) is 27.4 Å². The summed E-state index contributed by atoms with van der Waals surface area (Å²) in [4.78, 5) is 3.61. The highest BCUT2D eigenvalue weighted by Crippen LogP contribution is 2.42. The van der Waals surface area contributed by atoms with Gasteiger partial charge in [-0.05, 0) is 42.7 Å². The average molecular weight is 352 g/mol. The molecule has 0 saturated carbocycles. The maximum absolute atomic E-state index is 5.54. The van der Waals surface area contributed by atoms with Crippen LogP contribution in [0.5, 0.6) is 17.2 Å². The van der Waals surface area contributed by atoms with Gasteiger partial charge in [0.2, 0.25) is 5.75 Å². The Kier molecular flexibility index (Phi) is 4.24. The Hall–Kier alpha value is -2.66. The molecule has 3 aromatic rings. The minimum absolute atomic E-state index is 0.0369. The second kappa shape index (κ2) is 6.57. The molecule has 0 spiro atoms. The molecule has 2 aromatic carbocycles. The van der Waals surface area contributed by atoms with Crippen molar-refractivity contribution in [3.8, 4) is 17.2 Å². The minimum Gasteiger partial charge on any atom is -0.493 e. The molecule has 4 rings (SSSR count). The van der Waals surface area contributed by atoms with Crippen molar-refractivity contribution in [2.24, 2.45) is 0 Å². The predicted octanol–water partition coefficient (Wildman–Crippen LogP) is 3.82. The Morgan fingerprint density at radius 3 is 2.31 bits per heavy atom. The molecule has 2 heterocycles. The Balaban J connectivity index is 1.89. The topological polar surface area (TPSA) is 55.5 Å². The first-order chi connectivity index (χ1) is 12.7. The standard InChI is InChI=1S/C21H24N2O3/c1-12-9-15-14-7-5-6-8-16(14)23-20(15)19(22-12)13-10-17(24-2)21(26-4)18(11-13)25-3/h5-8,10-12,19,22-23H,9H2,1-4H3. The van der Waals surface area contributed by atoms with E-state index < -0.39 is 0 Å². The maximum atomic E-state index is 5.54. The van der Waals surface area contributed by atoms with Crippen molar-refractivity contribution in [1.29, 1.82) is 0 Å². The number of H-pyrrole nitrogens is 1. The molecule has 0 bridgehead atoms. The van der Waals surface area contributed by atoms with Gasteiger partial charge >= 0.3 is 0 Å². The van der Waals surface area contributed by atoms with Gasteiger partial charge in [0.25, 0.3) is 0 Å². The highest BCUT2D eigenvalue weighted by atomic mass is 16.5. The second-order valence-electron chi connectivity index (χ2n) is 6.73. The first-order valence-corrected chi connectivity index (χ1v) is 8.81. The van der Waals surface area contributed by atoms with E-state index in [-0.39, 0.29) is 6.04 Å². The number of aromatic amines is 1. The predicted molar refractivity (Wildman–Crippen MR) is 103 cm³/mol. The SMILES string of the molecule is COc1cc(C2NC(C)Cc3c2[nH]c2ccccc32)cc(OC)c1OC. The van der Waals surface area contributed by atoms with Crippen molar-refractivity contribution in [3.05, 3.63) is 53.2 Å². The third-order valence-corrected chi connectivity index (χ3v) is 5.12. The molecule has 0 aliphatic carbocycles. The smallest absolute Gasteiger partial charge is 0.203 e. The lowest BCUT2D eigenvalue weighted by Crippen LogP contribution is -2.37. The lowest BCUT2D eigenvalue weighted by molar-refractivity contribution is 0.322. The van der Waals surface area contributed by atoms with E-state index in [4.69, 9.17) is 14.2 Å². The summed E-state index contributed by atoms with van der Waals surface area (Å²) in [5.74, 6) is 1.94. The van der Waals surface area contributed by atoms with E-state index in [1.807, 2.05) is 12.1 Å². The number of nitrogens with one attached hydrogen (secondary N) is 2. The summed E-state index contributed by atoms with van der Waals surface area (Å²) in [5.41, 5.74) is 4.84. The van der Waals surface area contributed by atoms with Crippen molar-refractivity contribution < 1.29 is 14.2 Å². The Morgan fingerprint density at radius 2 is 1.65 bits per heavy atom. The van der Waals surface area contributed by atoms with Crippen LogP contribution in [0.3, 0.4) is 0 Å². The first kappa shape index (κ1) is 16.8. The number of aromatic nitrogens is 1. The fourth-order valence-corrected chi connectivity index (χ4v) is 3.95. The average Bonchev–Trinajstić information content (AvgIpc) is 3.04. The van der Waals surface area contributed by atoms with Crippen LogP contribution in [0.15, 0.2) is 36.4 Å². The number of ether oxygens (including phenoxy) is 3. The third-order valence-electron chi connectivity index (χ3n) is 5.12. The van der Waals surface area contributed by atoms with Crippen LogP contribution in [-0.4, -0.2) is 32.4 Å². The van der Waals surface area contributed by atoms with Crippen LogP contribution in [0.1, 0.15) is 29.8 Å².